The van der Waals surface area contributed by atoms with E-state index in [-0.39, 0.29) is 0 Å². The van der Waals surface area contributed by atoms with Crippen LogP contribution in [-0.2, 0) is 15.0 Å². The third-order valence-corrected chi connectivity index (χ3v) is 3.92. The Bertz CT molecular complexity index is 467. The largest absolute Gasteiger partial charge is 0.494 e. The summed E-state index contributed by atoms with van der Waals surface area (Å²) in [7, 11) is -0.478. The van der Waals surface area contributed by atoms with Gasteiger partial charge in [0, 0.05) is 6.20 Å². The molecule has 104 valence electrons. The lowest BCUT2D eigenvalue weighted by molar-refractivity contribution is 0.00578. The quantitative estimate of drug-likeness (QED) is 0.770. The van der Waals surface area contributed by atoms with Gasteiger partial charge >= 0.3 is 7.12 Å². The average molecular weight is 265 g/mol. The predicted molar refractivity (Wildman–Crippen MR) is 74.1 cm³/mol. The van der Waals surface area contributed by atoms with Crippen molar-refractivity contribution in [2.45, 2.75) is 58.4 Å². The highest BCUT2D eigenvalue weighted by Gasteiger charge is 2.51. The summed E-state index contributed by atoms with van der Waals surface area (Å²) >= 11 is 0. The van der Waals surface area contributed by atoms with Crippen molar-refractivity contribution in [3.8, 4) is 0 Å². The third kappa shape index (κ3) is 2.67. The smallest absolute Gasteiger partial charge is 0.399 e. The highest BCUT2D eigenvalue weighted by Crippen LogP contribution is 2.36. The predicted octanol–water partition coefficient (Wildman–Crippen LogP) is 2.59. The maximum atomic E-state index is 13.9. The van der Waals surface area contributed by atoms with E-state index in [2.05, 4.69) is 4.98 Å². The van der Waals surface area contributed by atoms with Gasteiger partial charge in [-0.25, -0.2) is 4.39 Å². The van der Waals surface area contributed by atoms with E-state index in [1.165, 1.54) is 13.8 Å². The first-order chi connectivity index (χ1) is 8.53. The zero-order valence-corrected chi connectivity index (χ0v) is 12.5. The van der Waals surface area contributed by atoms with Gasteiger partial charge in [-0.1, -0.05) is 0 Å². The molecule has 1 fully saturated rings. The van der Waals surface area contributed by atoms with Gasteiger partial charge in [0.1, 0.15) is 5.67 Å². The number of halogens is 1. The molecule has 3 nitrogen and oxygen atoms in total. The Morgan fingerprint density at radius 2 is 1.68 bits per heavy atom. The Morgan fingerprint density at radius 1 is 1.16 bits per heavy atom. The van der Waals surface area contributed by atoms with Crippen LogP contribution in [0.2, 0.25) is 0 Å². The highest BCUT2D eigenvalue weighted by atomic mass is 19.1. The van der Waals surface area contributed by atoms with Gasteiger partial charge < -0.3 is 9.31 Å². The molecule has 0 unspecified atom stereocenters. The number of rotatable bonds is 2. The Labute approximate surface area is 114 Å². The average Bonchev–Trinajstić information content (AvgIpc) is 2.47. The summed E-state index contributed by atoms with van der Waals surface area (Å²) in [6.45, 7) is 11.0. The summed E-state index contributed by atoms with van der Waals surface area (Å²) in [4.78, 5) is 4.07. The number of nitrogens with zero attached hydrogens (tertiary/aromatic N) is 1. The van der Waals surface area contributed by atoms with Crippen molar-refractivity contribution in [3.63, 3.8) is 0 Å². The van der Waals surface area contributed by atoms with E-state index in [9.17, 15) is 4.39 Å². The van der Waals surface area contributed by atoms with Gasteiger partial charge in [-0.2, -0.15) is 0 Å². The van der Waals surface area contributed by atoms with E-state index in [1.807, 2.05) is 27.7 Å². The molecule has 0 bridgehead atoms. The number of aromatic nitrogens is 1. The van der Waals surface area contributed by atoms with Crippen LogP contribution in [0.15, 0.2) is 18.3 Å². The number of hydrogen-bond acceptors (Lipinski definition) is 3. The molecule has 0 radical (unpaired) electrons. The molecule has 0 N–H and O–H groups in total. The molecule has 19 heavy (non-hydrogen) atoms. The van der Waals surface area contributed by atoms with Crippen LogP contribution >= 0.6 is 0 Å². The molecule has 2 rings (SSSR count). The number of pyridine rings is 1. The van der Waals surface area contributed by atoms with Crippen LogP contribution < -0.4 is 5.46 Å². The molecule has 0 aliphatic carbocycles. The Morgan fingerprint density at radius 3 is 2.16 bits per heavy atom. The summed E-state index contributed by atoms with van der Waals surface area (Å²) in [5, 5.41) is 0. The monoisotopic (exact) mass is 265 g/mol. The lowest BCUT2D eigenvalue weighted by Crippen LogP contribution is -2.41. The lowest BCUT2D eigenvalue weighted by atomic mass is 9.78. The van der Waals surface area contributed by atoms with Crippen LogP contribution in [0.3, 0.4) is 0 Å². The van der Waals surface area contributed by atoms with Gasteiger partial charge in [0.15, 0.2) is 0 Å². The van der Waals surface area contributed by atoms with Crippen LogP contribution in [0.4, 0.5) is 4.39 Å². The first kappa shape index (κ1) is 14.5. The minimum absolute atomic E-state index is 0.389. The van der Waals surface area contributed by atoms with Crippen LogP contribution in [0.5, 0.6) is 0 Å². The molecule has 1 saturated heterocycles. The van der Waals surface area contributed by atoms with Crippen LogP contribution in [0.1, 0.15) is 47.2 Å². The van der Waals surface area contributed by atoms with Crippen LogP contribution in [0.25, 0.3) is 0 Å². The zero-order chi connectivity index (χ0) is 14.5. The number of alkyl halides is 1. The normalized spacial score (nSPS) is 21.7. The maximum absolute atomic E-state index is 13.9. The first-order valence-electron chi connectivity index (χ1n) is 6.54. The molecule has 0 amide bonds. The molecule has 0 atom stereocenters. The summed E-state index contributed by atoms with van der Waals surface area (Å²) in [6, 6.07) is 3.51. The standard InChI is InChI=1S/C14H21BFNO2/c1-12(2,16)11-9-10(7-8-17-11)15-18-13(3,4)14(5,6)19-15/h7-9H,1-6H3. The van der Waals surface area contributed by atoms with Crippen molar-refractivity contribution in [2.75, 3.05) is 0 Å². The Kier molecular flexibility index (Phi) is 3.26. The van der Waals surface area contributed by atoms with Gasteiger partial charge in [0.2, 0.25) is 0 Å². The zero-order valence-electron chi connectivity index (χ0n) is 12.5. The summed E-state index contributed by atoms with van der Waals surface area (Å²) in [5.74, 6) is 0. The van der Waals surface area contributed by atoms with E-state index in [1.54, 1.807) is 18.3 Å². The summed E-state index contributed by atoms with van der Waals surface area (Å²) < 4.78 is 25.8. The lowest BCUT2D eigenvalue weighted by Gasteiger charge is -2.32. The summed E-state index contributed by atoms with van der Waals surface area (Å²) in [5.41, 5.74) is -1.08. The van der Waals surface area contributed by atoms with Gasteiger partial charge in [0.05, 0.1) is 16.9 Å². The van der Waals surface area contributed by atoms with E-state index in [4.69, 9.17) is 9.31 Å². The second kappa shape index (κ2) is 4.28. The minimum atomic E-state index is -1.47. The number of hydrogen-bond donors (Lipinski definition) is 0. The third-order valence-electron chi connectivity index (χ3n) is 3.92. The fraction of sp³-hybridized carbons (Fsp3) is 0.643. The minimum Gasteiger partial charge on any atom is -0.399 e. The Balaban J connectivity index is 2.30. The van der Waals surface area contributed by atoms with Crippen molar-refractivity contribution in [1.29, 1.82) is 0 Å². The van der Waals surface area contributed by atoms with Crippen molar-refractivity contribution in [1.82, 2.24) is 4.98 Å². The van der Waals surface area contributed by atoms with Crippen molar-refractivity contribution in [3.05, 3.63) is 24.0 Å². The van der Waals surface area contributed by atoms with Gasteiger partial charge in [-0.15, -0.1) is 0 Å². The molecule has 1 aromatic rings. The van der Waals surface area contributed by atoms with Crippen LogP contribution in [-0.4, -0.2) is 23.3 Å². The topological polar surface area (TPSA) is 31.4 Å². The van der Waals surface area contributed by atoms with E-state index < -0.39 is 24.0 Å². The van der Waals surface area contributed by atoms with Crippen LogP contribution in [0, 0.1) is 0 Å². The van der Waals surface area contributed by atoms with Gasteiger partial charge in [0.25, 0.3) is 0 Å². The molecule has 1 aromatic heterocycles. The molecule has 5 heteroatoms. The molecular weight excluding hydrogens is 244 g/mol. The molecule has 1 aliphatic rings. The molecule has 0 saturated carbocycles. The van der Waals surface area contributed by atoms with Crippen molar-refractivity contribution in [2.24, 2.45) is 0 Å². The first-order valence-corrected chi connectivity index (χ1v) is 6.54. The summed E-state index contributed by atoms with van der Waals surface area (Å²) in [6.07, 6.45) is 1.59. The van der Waals surface area contributed by atoms with E-state index in [0.717, 1.165) is 5.46 Å². The molecule has 0 aromatic carbocycles. The van der Waals surface area contributed by atoms with Gasteiger partial charge in [-0.3, -0.25) is 4.98 Å². The fourth-order valence-electron chi connectivity index (χ4n) is 1.90. The molecular formula is C14H21BFNO2. The highest BCUT2D eigenvalue weighted by molar-refractivity contribution is 6.62. The SMILES string of the molecule is CC(C)(F)c1cc(B2OC(C)(C)C(C)(C)O2)ccn1. The maximum Gasteiger partial charge on any atom is 0.494 e. The van der Waals surface area contributed by atoms with E-state index >= 15 is 0 Å². The molecule has 1 aliphatic heterocycles. The second-order valence-corrected chi connectivity index (χ2v) is 6.54. The molecule has 0 spiro atoms. The van der Waals surface area contributed by atoms with Crippen molar-refractivity contribution < 1.29 is 13.7 Å². The Hall–Kier alpha value is -0.935. The fourth-order valence-corrected chi connectivity index (χ4v) is 1.90. The van der Waals surface area contributed by atoms with Gasteiger partial charge in [-0.05, 0) is 59.1 Å². The van der Waals surface area contributed by atoms with E-state index in [0.29, 0.717) is 5.69 Å². The van der Waals surface area contributed by atoms with Crippen molar-refractivity contribution >= 4 is 12.6 Å². The molecule has 2 heterocycles. The second-order valence-electron chi connectivity index (χ2n) is 6.54.